The second kappa shape index (κ2) is 3.33. The maximum Gasteiger partial charge on any atom is 0.345 e. The number of nitrogens with one attached hydrogen (secondary N) is 1. The lowest BCUT2D eigenvalue weighted by Crippen LogP contribution is -2.12. The number of H-pyrrole nitrogens is 1. The molecule has 3 N–H and O–H groups in total. The monoisotopic (exact) mass is 187 g/mol. The molecule has 0 unspecified atom stereocenters. The molecule has 0 fully saturated rings. The lowest BCUT2D eigenvalue weighted by molar-refractivity contribution is 1.08. The average Bonchev–Trinajstić information content (AvgIpc) is 2.23. The quantitative estimate of drug-likeness (QED) is 0.700. The zero-order valence-electron chi connectivity index (χ0n) is 7.40. The summed E-state index contributed by atoms with van der Waals surface area (Å²) < 4.78 is 0. The molecule has 0 amide bonds. The van der Waals surface area contributed by atoms with Crippen LogP contribution in [0.1, 0.15) is 0 Å². The van der Waals surface area contributed by atoms with Crippen LogP contribution in [0.2, 0.25) is 0 Å². The predicted octanol–water partition coefficient (Wildman–Crippen LogP) is 1.02. The van der Waals surface area contributed by atoms with E-state index in [9.17, 15) is 4.79 Å². The summed E-state index contributed by atoms with van der Waals surface area (Å²) in [5.41, 5.74) is 7.26. The largest absolute Gasteiger partial charge is 0.396 e. The van der Waals surface area contributed by atoms with Gasteiger partial charge in [0.25, 0.3) is 0 Å². The van der Waals surface area contributed by atoms with E-state index in [1.165, 1.54) is 6.20 Å². The zero-order valence-corrected chi connectivity index (χ0v) is 7.40. The number of aromatic nitrogens is 2. The highest BCUT2D eigenvalue weighted by molar-refractivity contribution is 5.71. The standard InChI is InChI=1S/C10H9N3O/c11-8-6-12-10(14)13-9(8)7-4-2-1-3-5-7/h1-6H,11H2,(H,12,13,14). The van der Waals surface area contributed by atoms with E-state index in [0.717, 1.165) is 5.56 Å². The van der Waals surface area contributed by atoms with Crippen molar-refractivity contribution < 1.29 is 0 Å². The molecule has 0 aliphatic rings. The number of nitrogens with zero attached hydrogens (tertiary/aromatic N) is 1. The van der Waals surface area contributed by atoms with Crippen molar-refractivity contribution in [1.82, 2.24) is 9.97 Å². The molecule has 2 aromatic rings. The zero-order chi connectivity index (χ0) is 9.97. The van der Waals surface area contributed by atoms with Crippen molar-refractivity contribution in [3.63, 3.8) is 0 Å². The first-order valence-electron chi connectivity index (χ1n) is 4.17. The van der Waals surface area contributed by atoms with Crippen LogP contribution in [0.15, 0.2) is 41.3 Å². The number of nitrogen functional groups attached to an aromatic ring is 1. The van der Waals surface area contributed by atoms with Gasteiger partial charge in [0.05, 0.1) is 17.6 Å². The van der Waals surface area contributed by atoms with Gasteiger partial charge in [-0.3, -0.25) is 0 Å². The fourth-order valence-corrected chi connectivity index (χ4v) is 1.25. The molecule has 4 heteroatoms. The highest BCUT2D eigenvalue weighted by Gasteiger charge is 2.02. The van der Waals surface area contributed by atoms with Gasteiger partial charge in [-0.2, -0.15) is 4.98 Å². The molecule has 2 rings (SSSR count). The van der Waals surface area contributed by atoms with Gasteiger partial charge in [-0.05, 0) is 0 Å². The average molecular weight is 187 g/mol. The third kappa shape index (κ3) is 1.50. The van der Waals surface area contributed by atoms with Crippen LogP contribution in [0.5, 0.6) is 0 Å². The number of anilines is 1. The van der Waals surface area contributed by atoms with Gasteiger partial charge in [-0.1, -0.05) is 30.3 Å². The van der Waals surface area contributed by atoms with Crippen LogP contribution >= 0.6 is 0 Å². The minimum atomic E-state index is -0.391. The summed E-state index contributed by atoms with van der Waals surface area (Å²) in [5, 5.41) is 0. The Balaban J connectivity index is 2.62. The van der Waals surface area contributed by atoms with Crippen LogP contribution in [0, 0.1) is 0 Å². The number of rotatable bonds is 1. The molecule has 0 saturated carbocycles. The van der Waals surface area contributed by atoms with E-state index < -0.39 is 5.69 Å². The van der Waals surface area contributed by atoms with E-state index in [1.807, 2.05) is 30.3 Å². The molecule has 0 atom stereocenters. The molecule has 0 radical (unpaired) electrons. The van der Waals surface area contributed by atoms with Crippen molar-refractivity contribution >= 4 is 5.69 Å². The minimum absolute atomic E-state index is 0.391. The number of nitrogens with two attached hydrogens (primary N) is 1. The first kappa shape index (κ1) is 8.50. The Kier molecular flexibility index (Phi) is 2.02. The van der Waals surface area contributed by atoms with Crippen LogP contribution in [0.3, 0.4) is 0 Å². The Hall–Kier alpha value is -2.10. The van der Waals surface area contributed by atoms with Gasteiger partial charge in [0, 0.05) is 5.56 Å². The van der Waals surface area contributed by atoms with E-state index >= 15 is 0 Å². The highest BCUT2D eigenvalue weighted by atomic mass is 16.1. The van der Waals surface area contributed by atoms with Crippen molar-refractivity contribution in [2.75, 3.05) is 5.73 Å². The molecule has 0 aliphatic carbocycles. The van der Waals surface area contributed by atoms with Gasteiger partial charge < -0.3 is 10.7 Å². The molecule has 0 saturated heterocycles. The summed E-state index contributed by atoms with van der Waals surface area (Å²) >= 11 is 0. The molecular weight excluding hydrogens is 178 g/mol. The first-order chi connectivity index (χ1) is 6.77. The molecule has 0 bridgehead atoms. The smallest absolute Gasteiger partial charge is 0.345 e. The van der Waals surface area contributed by atoms with Gasteiger partial charge in [0.1, 0.15) is 0 Å². The second-order valence-electron chi connectivity index (χ2n) is 2.88. The number of aromatic amines is 1. The topological polar surface area (TPSA) is 71.8 Å². The fourth-order valence-electron chi connectivity index (χ4n) is 1.25. The van der Waals surface area contributed by atoms with Crippen molar-refractivity contribution in [1.29, 1.82) is 0 Å². The Bertz CT molecular complexity index is 490. The maximum absolute atomic E-state index is 11.0. The third-order valence-corrected chi connectivity index (χ3v) is 1.90. The minimum Gasteiger partial charge on any atom is -0.396 e. The van der Waals surface area contributed by atoms with Gasteiger partial charge in [-0.15, -0.1) is 0 Å². The van der Waals surface area contributed by atoms with Crippen molar-refractivity contribution in [2.45, 2.75) is 0 Å². The number of hydrogen-bond donors (Lipinski definition) is 2. The number of benzene rings is 1. The molecule has 70 valence electrons. The van der Waals surface area contributed by atoms with Crippen molar-refractivity contribution in [2.24, 2.45) is 0 Å². The molecule has 1 heterocycles. The van der Waals surface area contributed by atoms with E-state index in [4.69, 9.17) is 5.73 Å². The summed E-state index contributed by atoms with van der Waals surface area (Å²) in [7, 11) is 0. The lowest BCUT2D eigenvalue weighted by Gasteiger charge is -2.03. The summed E-state index contributed by atoms with van der Waals surface area (Å²) in [6, 6.07) is 9.42. The fraction of sp³-hybridized carbons (Fsp3) is 0. The van der Waals surface area contributed by atoms with E-state index in [1.54, 1.807) is 0 Å². The lowest BCUT2D eigenvalue weighted by atomic mass is 10.1. The molecular formula is C10H9N3O. The van der Waals surface area contributed by atoms with E-state index in [-0.39, 0.29) is 0 Å². The van der Waals surface area contributed by atoms with Crippen LogP contribution in [0.4, 0.5) is 5.69 Å². The molecule has 4 nitrogen and oxygen atoms in total. The molecule has 0 aliphatic heterocycles. The van der Waals surface area contributed by atoms with Crippen molar-refractivity contribution in [3.8, 4) is 11.3 Å². The maximum atomic E-state index is 11.0. The normalized spacial score (nSPS) is 10.0. The second-order valence-corrected chi connectivity index (χ2v) is 2.88. The molecule has 0 spiro atoms. The Morgan fingerprint density at radius 3 is 2.64 bits per heavy atom. The van der Waals surface area contributed by atoms with Gasteiger partial charge in [0.2, 0.25) is 0 Å². The molecule has 1 aromatic heterocycles. The molecule has 14 heavy (non-hydrogen) atoms. The van der Waals surface area contributed by atoms with Crippen LogP contribution in [-0.2, 0) is 0 Å². The third-order valence-electron chi connectivity index (χ3n) is 1.90. The highest BCUT2D eigenvalue weighted by Crippen LogP contribution is 2.19. The van der Waals surface area contributed by atoms with E-state index in [2.05, 4.69) is 9.97 Å². The van der Waals surface area contributed by atoms with Crippen LogP contribution < -0.4 is 11.4 Å². The SMILES string of the molecule is Nc1cnc(=O)[nH]c1-c1ccccc1. The molecule has 1 aromatic carbocycles. The van der Waals surface area contributed by atoms with Crippen LogP contribution in [0.25, 0.3) is 11.3 Å². The number of hydrogen-bond acceptors (Lipinski definition) is 3. The van der Waals surface area contributed by atoms with Crippen LogP contribution in [-0.4, -0.2) is 9.97 Å². The van der Waals surface area contributed by atoms with Gasteiger partial charge >= 0.3 is 5.69 Å². The van der Waals surface area contributed by atoms with Gasteiger partial charge in [-0.25, -0.2) is 4.79 Å². The first-order valence-corrected chi connectivity index (χ1v) is 4.17. The predicted molar refractivity (Wildman–Crippen MR) is 54.7 cm³/mol. The van der Waals surface area contributed by atoms with Crippen molar-refractivity contribution in [3.05, 3.63) is 47.0 Å². The Labute approximate surface area is 80.4 Å². The van der Waals surface area contributed by atoms with Gasteiger partial charge in [0.15, 0.2) is 0 Å². The van der Waals surface area contributed by atoms with E-state index in [0.29, 0.717) is 11.4 Å². The Morgan fingerprint density at radius 1 is 1.21 bits per heavy atom. The summed E-state index contributed by atoms with van der Waals surface area (Å²) in [6.07, 6.45) is 1.36. The summed E-state index contributed by atoms with van der Waals surface area (Å²) in [5.74, 6) is 0. The summed E-state index contributed by atoms with van der Waals surface area (Å²) in [6.45, 7) is 0. The Morgan fingerprint density at radius 2 is 1.93 bits per heavy atom. The summed E-state index contributed by atoms with van der Waals surface area (Å²) in [4.78, 5) is 17.1.